The Balaban J connectivity index is 2.77. The van der Waals surface area contributed by atoms with Gasteiger partial charge < -0.3 is 39.0 Å². The topological polar surface area (TPSA) is 175 Å². The number of aliphatic hydroxyl groups excluding tert-OH is 2. The molecule has 454 valence electrons. The van der Waals surface area contributed by atoms with Crippen LogP contribution in [0, 0.1) is 0 Å². The van der Waals surface area contributed by atoms with Gasteiger partial charge in [0.05, 0.1) is 6.61 Å². The first-order valence-electron chi connectivity index (χ1n) is 30.8. The third-order valence-electron chi connectivity index (χ3n) is 12.9. The minimum atomic E-state index is -1.93. The summed E-state index contributed by atoms with van der Waals surface area (Å²) < 4.78 is 28.3. The fourth-order valence-corrected chi connectivity index (χ4v) is 8.24. The van der Waals surface area contributed by atoms with Gasteiger partial charge in [0.25, 0.3) is 0 Å². The number of esters is 3. The van der Waals surface area contributed by atoms with Gasteiger partial charge in [0.1, 0.15) is 18.8 Å². The largest absolute Gasteiger partial charge is 0.479 e. The molecule has 1 saturated heterocycles. The molecule has 3 N–H and O–H groups in total. The molecule has 1 heterocycles. The van der Waals surface area contributed by atoms with E-state index in [9.17, 15) is 34.5 Å². The molecule has 0 bridgehead atoms. The number of hydrogen-bond donors (Lipinski definition) is 3. The Labute approximate surface area is 489 Å². The number of carbonyl (C=O) groups is 4. The summed E-state index contributed by atoms with van der Waals surface area (Å²) in [5, 5.41) is 31.5. The number of ether oxygens (including phenoxy) is 5. The van der Waals surface area contributed by atoms with Gasteiger partial charge in [0.2, 0.25) is 0 Å². The highest BCUT2D eigenvalue weighted by Gasteiger charge is 2.50. The van der Waals surface area contributed by atoms with Crippen molar-refractivity contribution < 1.29 is 58.2 Å². The van der Waals surface area contributed by atoms with Gasteiger partial charge in [-0.05, 0) is 128 Å². The summed E-state index contributed by atoms with van der Waals surface area (Å²) in [6.45, 7) is 5.64. The Morgan fingerprint density at radius 2 is 0.802 bits per heavy atom. The van der Waals surface area contributed by atoms with Crippen molar-refractivity contribution in [2.45, 2.75) is 250 Å². The molecular weight excluding hydrogens is 1020 g/mol. The second kappa shape index (κ2) is 55.2. The minimum absolute atomic E-state index is 0.0259. The molecule has 0 aromatic carbocycles. The van der Waals surface area contributed by atoms with Crippen molar-refractivity contribution >= 4 is 23.9 Å². The highest BCUT2D eigenvalue weighted by atomic mass is 16.7. The first kappa shape index (κ1) is 73.6. The summed E-state index contributed by atoms with van der Waals surface area (Å²) in [7, 11) is 0. The van der Waals surface area contributed by atoms with Crippen LogP contribution in [0.15, 0.2) is 146 Å². The zero-order chi connectivity index (χ0) is 58.9. The molecule has 1 rings (SSSR count). The minimum Gasteiger partial charge on any atom is -0.479 e. The number of aliphatic carboxylic acids is 1. The van der Waals surface area contributed by atoms with Gasteiger partial charge in [-0.3, -0.25) is 14.4 Å². The van der Waals surface area contributed by atoms with Gasteiger partial charge in [-0.25, -0.2) is 4.79 Å². The summed E-state index contributed by atoms with van der Waals surface area (Å²) in [5.41, 5.74) is 0. The fourth-order valence-electron chi connectivity index (χ4n) is 8.24. The smallest absolute Gasteiger partial charge is 0.335 e. The van der Waals surface area contributed by atoms with Crippen LogP contribution in [0.1, 0.15) is 213 Å². The Hall–Kier alpha value is -5.40. The molecule has 6 atom stereocenters. The molecule has 1 fully saturated rings. The second-order valence-electron chi connectivity index (χ2n) is 20.2. The molecule has 1 aliphatic rings. The van der Waals surface area contributed by atoms with Crippen LogP contribution in [0.5, 0.6) is 0 Å². The van der Waals surface area contributed by atoms with E-state index in [2.05, 4.69) is 154 Å². The summed E-state index contributed by atoms with van der Waals surface area (Å²) in [6.07, 6.45) is 66.7. The number of carboxylic acids is 1. The number of allylic oxidation sites excluding steroid dienone is 24. The van der Waals surface area contributed by atoms with Gasteiger partial charge in [-0.2, -0.15) is 0 Å². The van der Waals surface area contributed by atoms with Gasteiger partial charge in [0.15, 0.2) is 24.6 Å². The van der Waals surface area contributed by atoms with Crippen LogP contribution >= 0.6 is 0 Å². The zero-order valence-electron chi connectivity index (χ0n) is 50.0. The van der Waals surface area contributed by atoms with Gasteiger partial charge >= 0.3 is 23.9 Å². The van der Waals surface area contributed by atoms with E-state index < -0.39 is 67.3 Å². The monoisotopic (exact) mass is 1130 g/mol. The lowest BCUT2D eigenvalue weighted by Gasteiger charge is -2.40. The van der Waals surface area contributed by atoms with E-state index in [0.29, 0.717) is 25.7 Å². The summed E-state index contributed by atoms with van der Waals surface area (Å²) in [4.78, 5) is 51.2. The quantitative estimate of drug-likeness (QED) is 0.0228. The Morgan fingerprint density at radius 1 is 0.420 bits per heavy atom. The zero-order valence-corrected chi connectivity index (χ0v) is 50.0. The lowest BCUT2D eigenvalue weighted by atomic mass is 9.98. The van der Waals surface area contributed by atoms with Gasteiger partial charge in [-0.15, -0.1) is 0 Å². The maximum absolute atomic E-state index is 13.2. The van der Waals surface area contributed by atoms with Crippen LogP contribution < -0.4 is 0 Å². The highest BCUT2D eigenvalue weighted by molar-refractivity contribution is 5.74. The van der Waals surface area contributed by atoms with Crippen LogP contribution in [0.4, 0.5) is 0 Å². The maximum Gasteiger partial charge on any atom is 0.335 e. The highest BCUT2D eigenvalue weighted by Crippen LogP contribution is 2.26. The molecule has 0 radical (unpaired) electrons. The molecule has 0 amide bonds. The molecule has 12 nitrogen and oxygen atoms in total. The molecule has 81 heavy (non-hydrogen) atoms. The van der Waals surface area contributed by atoms with Crippen molar-refractivity contribution in [2.24, 2.45) is 0 Å². The average molecular weight is 1130 g/mol. The molecule has 6 unspecified atom stereocenters. The number of carbonyl (C=O) groups excluding carboxylic acids is 3. The van der Waals surface area contributed by atoms with Crippen LogP contribution in [-0.2, 0) is 42.9 Å². The van der Waals surface area contributed by atoms with E-state index in [-0.39, 0.29) is 25.9 Å². The predicted molar refractivity (Wildman–Crippen MR) is 330 cm³/mol. The van der Waals surface area contributed by atoms with E-state index in [1.54, 1.807) is 0 Å². The fraction of sp³-hybridized carbons (Fsp3) is 0.594. The molecule has 0 saturated carbocycles. The van der Waals surface area contributed by atoms with Crippen LogP contribution in [-0.4, -0.2) is 89.2 Å². The van der Waals surface area contributed by atoms with Gasteiger partial charge in [-0.1, -0.05) is 212 Å². The predicted octanol–water partition coefficient (Wildman–Crippen LogP) is 16.3. The first-order valence-corrected chi connectivity index (χ1v) is 30.8. The summed E-state index contributed by atoms with van der Waals surface area (Å²) >= 11 is 0. The van der Waals surface area contributed by atoms with Crippen molar-refractivity contribution in [1.82, 2.24) is 0 Å². The van der Waals surface area contributed by atoms with E-state index in [4.69, 9.17) is 23.7 Å². The molecule has 1 aliphatic heterocycles. The molecule has 0 aromatic heterocycles. The van der Waals surface area contributed by atoms with E-state index in [0.717, 1.165) is 128 Å². The van der Waals surface area contributed by atoms with Crippen molar-refractivity contribution in [3.8, 4) is 0 Å². The molecular formula is C69H106O12. The number of rotatable bonds is 50. The maximum atomic E-state index is 13.2. The van der Waals surface area contributed by atoms with E-state index >= 15 is 0 Å². The first-order chi connectivity index (χ1) is 39.6. The number of carboxylic acid groups (broad SMARTS) is 1. The van der Waals surface area contributed by atoms with Crippen molar-refractivity contribution in [2.75, 3.05) is 13.2 Å². The molecule has 0 aromatic rings. The number of unbranched alkanes of at least 4 members (excludes halogenated alkanes) is 12. The molecule has 12 heteroatoms. The average Bonchev–Trinajstić information content (AvgIpc) is 3.53. The number of hydrogen-bond acceptors (Lipinski definition) is 11. The van der Waals surface area contributed by atoms with Crippen LogP contribution in [0.25, 0.3) is 0 Å². The van der Waals surface area contributed by atoms with Gasteiger partial charge in [0, 0.05) is 19.3 Å². The number of aliphatic hydroxyl groups is 2. The van der Waals surface area contributed by atoms with Crippen LogP contribution in [0.3, 0.4) is 0 Å². The third kappa shape index (κ3) is 44.9. The summed E-state index contributed by atoms with van der Waals surface area (Å²) in [5.74, 6) is -3.31. The van der Waals surface area contributed by atoms with Crippen molar-refractivity contribution in [3.05, 3.63) is 146 Å². The Bertz CT molecular complexity index is 1960. The Kier molecular flexibility index (Phi) is 50.1. The normalized spacial score (nSPS) is 18.8. The van der Waals surface area contributed by atoms with Crippen LogP contribution in [0.2, 0.25) is 0 Å². The summed E-state index contributed by atoms with van der Waals surface area (Å²) in [6, 6.07) is 0. The standard InChI is InChI=1S/C69H106O12/c1-4-7-10-13-16-19-22-25-28-30-31-33-35-37-40-43-46-49-52-55-61(70)77-58-60(79-62(71)56-53-50-47-44-41-39-36-32-29-26-23-20-17-14-11-8-5-2)59-78-69-67(65(74)64(73)66(81-69)68(75)76)80-63(72)57-54-51-48-45-42-38-34-27-24-21-18-15-12-9-6-3/h7-8,10-11,16-21,25-29,31,33-34,36-37,39-40,46,49,60,64-67,69,73-74H,4-6,9,12-15,22-24,30,32,35,38,41-45,47-48,50-59H2,1-3H3,(H,75,76)/b10-7-,11-8-,19-16-,20-17-,21-18-,28-25-,29-26-,33-31-,34-27-,39-36-,40-37-,49-46-. The molecule has 0 aliphatic carbocycles. The molecule has 0 spiro atoms. The Morgan fingerprint density at radius 3 is 1.23 bits per heavy atom. The third-order valence-corrected chi connectivity index (χ3v) is 12.9. The van der Waals surface area contributed by atoms with Crippen molar-refractivity contribution in [1.29, 1.82) is 0 Å². The second-order valence-corrected chi connectivity index (χ2v) is 20.2. The van der Waals surface area contributed by atoms with E-state index in [1.807, 2.05) is 12.2 Å². The lowest BCUT2D eigenvalue weighted by molar-refractivity contribution is -0.301. The SMILES string of the molecule is CC/C=C\C/C=C\C/C=C\C/C=C\C/C=C\C/C=C\CCC(=O)OCC(COC1OC(C(=O)O)C(O)C(O)C1OC(=O)CCCCCCC/C=C\C/C=C\CCCCC)OC(=O)CCCCCC/C=C\C/C=C\C/C=C\C/C=C\CC. The van der Waals surface area contributed by atoms with E-state index in [1.165, 1.54) is 19.3 Å². The van der Waals surface area contributed by atoms with Crippen molar-refractivity contribution in [3.63, 3.8) is 0 Å². The lowest BCUT2D eigenvalue weighted by Crippen LogP contribution is -2.61.